The number of benzene rings is 3. The average Bonchev–Trinajstić information content (AvgIpc) is 3.53. The molecule has 1 atom stereocenters. The number of nitrogens with zero attached hydrogens (tertiary/aromatic N) is 4. The van der Waals surface area contributed by atoms with E-state index in [4.69, 9.17) is 16.7 Å². The lowest BCUT2D eigenvalue weighted by atomic mass is 10.0. The van der Waals surface area contributed by atoms with Gasteiger partial charge in [0.25, 0.3) is 0 Å². The van der Waals surface area contributed by atoms with E-state index in [1.807, 2.05) is 64.8 Å². The van der Waals surface area contributed by atoms with Crippen molar-refractivity contribution < 1.29 is 13.6 Å². The summed E-state index contributed by atoms with van der Waals surface area (Å²) in [6.45, 7) is 2.26. The molecule has 0 radical (unpaired) electrons. The minimum atomic E-state index is -0.572. The predicted molar refractivity (Wildman–Crippen MR) is 146 cm³/mol. The van der Waals surface area contributed by atoms with Crippen molar-refractivity contribution in [3.8, 4) is 11.5 Å². The third-order valence-electron chi connectivity index (χ3n) is 6.92. The van der Waals surface area contributed by atoms with Crippen molar-refractivity contribution in [2.75, 3.05) is 5.32 Å². The molecule has 0 aliphatic carbocycles. The van der Waals surface area contributed by atoms with Gasteiger partial charge in [0.15, 0.2) is 0 Å². The van der Waals surface area contributed by atoms with Crippen molar-refractivity contribution in [3.63, 3.8) is 0 Å². The van der Waals surface area contributed by atoms with Crippen molar-refractivity contribution in [2.45, 2.75) is 25.9 Å². The molecule has 0 unspecified atom stereocenters. The third-order valence-corrected chi connectivity index (χ3v) is 7.21. The number of halogens is 3. The average molecular weight is 544 g/mol. The Kier molecular flexibility index (Phi) is 6.40. The molecule has 0 fully saturated rings. The molecule has 1 aliphatic rings. The quantitative estimate of drug-likeness (QED) is 0.259. The Hall–Kier alpha value is -4.43. The zero-order chi connectivity index (χ0) is 27.1. The molecule has 39 heavy (non-hydrogen) atoms. The molecule has 6 rings (SSSR count). The van der Waals surface area contributed by atoms with E-state index in [0.29, 0.717) is 12.1 Å². The van der Waals surface area contributed by atoms with Crippen LogP contribution in [0.4, 0.5) is 19.3 Å². The SMILES string of the molecule is CCc1nn(-c2ccccc2)c2c1CN(C(=O)Nc1ccc(F)c(Cl)c1)[C@H](c1ccc(F)cc1)c1cccn1-2. The number of urea groups is 1. The number of carbonyl (C=O) groups is 1. The number of rotatable bonds is 4. The zero-order valence-electron chi connectivity index (χ0n) is 21.0. The molecule has 0 saturated carbocycles. The molecule has 6 nitrogen and oxygen atoms in total. The van der Waals surface area contributed by atoms with E-state index in [0.717, 1.165) is 34.0 Å². The largest absolute Gasteiger partial charge is 0.322 e. The van der Waals surface area contributed by atoms with Gasteiger partial charge in [-0.1, -0.05) is 48.9 Å². The minimum absolute atomic E-state index is 0.0904. The highest BCUT2D eigenvalue weighted by atomic mass is 35.5. The van der Waals surface area contributed by atoms with Gasteiger partial charge in [0.05, 0.1) is 34.7 Å². The fourth-order valence-corrected chi connectivity index (χ4v) is 5.29. The van der Waals surface area contributed by atoms with Crippen LogP contribution in [-0.2, 0) is 13.0 Å². The van der Waals surface area contributed by atoms with Crippen LogP contribution in [-0.4, -0.2) is 25.3 Å². The lowest BCUT2D eigenvalue weighted by Crippen LogP contribution is -2.38. The Bertz CT molecular complexity index is 1660. The first-order valence-corrected chi connectivity index (χ1v) is 12.9. The normalized spacial score (nSPS) is 14.5. The van der Waals surface area contributed by atoms with E-state index < -0.39 is 17.9 Å². The first-order valence-electron chi connectivity index (χ1n) is 12.6. The van der Waals surface area contributed by atoms with Crippen LogP contribution in [0.1, 0.15) is 35.5 Å². The molecule has 9 heteroatoms. The summed E-state index contributed by atoms with van der Waals surface area (Å²) in [6.07, 6.45) is 2.61. The summed E-state index contributed by atoms with van der Waals surface area (Å²) in [5, 5.41) is 7.72. The molecule has 3 heterocycles. The maximum Gasteiger partial charge on any atom is 0.322 e. The summed E-state index contributed by atoms with van der Waals surface area (Å²) in [5.41, 5.74) is 4.56. The Balaban J connectivity index is 1.54. The first-order chi connectivity index (χ1) is 18.9. The van der Waals surface area contributed by atoms with Crippen LogP contribution in [0.3, 0.4) is 0 Å². The Morgan fingerprint density at radius 2 is 1.79 bits per heavy atom. The molecule has 5 aromatic rings. The maximum absolute atomic E-state index is 14.0. The van der Waals surface area contributed by atoms with E-state index in [1.165, 1.54) is 30.3 Å². The fourth-order valence-electron chi connectivity index (χ4n) is 5.11. The summed E-state index contributed by atoms with van der Waals surface area (Å²) >= 11 is 5.98. The number of nitrogens with one attached hydrogen (secondary N) is 1. The van der Waals surface area contributed by atoms with Crippen molar-refractivity contribution in [1.82, 2.24) is 19.2 Å². The number of anilines is 1. The monoisotopic (exact) mass is 543 g/mol. The second-order valence-electron chi connectivity index (χ2n) is 9.29. The molecule has 0 saturated heterocycles. The van der Waals surface area contributed by atoms with E-state index in [9.17, 15) is 13.6 Å². The van der Waals surface area contributed by atoms with Gasteiger partial charge in [-0.05, 0) is 66.6 Å². The van der Waals surface area contributed by atoms with Gasteiger partial charge in [-0.25, -0.2) is 18.3 Å². The zero-order valence-corrected chi connectivity index (χ0v) is 21.7. The highest BCUT2D eigenvalue weighted by molar-refractivity contribution is 6.31. The molecule has 2 amide bonds. The molecule has 2 aromatic heterocycles. The maximum atomic E-state index is 14.0. The van der Waals surface area contributed by atoms with Gasteiger partial charge < -0.3 is 14.8 Å². The van der Waals surface area contributed by atoms with Crippen LogP contribution in [0, 0.1) is 11.6 Å². The highest BCUT2D eigenvalue weighted by Gasteiger charge is 2.36. The number of amides is 2. The lowest BCUT2D eigenvalue weighted by molar-refractivity contribution is 0.194. The lowest BCUT2D eigenvalue weighted by Gasteiger charge is -2.31. The van der Waals surface area contributed by atoms with Gasteiger partial charge in [0, 0.05) is 17.4 Å². The van der Waals surface area contributed by atoms with Gasteiger partial charge in [-0.3, -0.25) is 0 Å². The molecule has 3 aromatic carbocycles. The Morgan fingerprint density at radius 1 is 1.03 bits per heavy atom. The van der Waals surface area contributed by atoms with Crippen LogP contribution in [0.25, 0.3) is 11.5 Å². The molecular weight excluding hydrogens is 520 g/mol. The summed E-state index contributed by atoms with van der Waals surface area (Å²) in [6, 6.07) is 22.9. The molecule has 1 N–H and O–H groups in total. The van der Waals surface area contributed by atoms with E-state index in [2.05, 4.69) is 5.32 Å². The van der Waals surface area contributed by atoms with Crippen LogP contribution >= 0.6 is 11.6 Å². The van der Waals surface area contributed by atoms with Crippen molar-refractivity contribution in [2.24, 2.45) is 0 Å². The number of fused-ring (bicyclic) bond motifs is 3. The van der Waals surface area contributed by atoms with E-state index >= 15 is 0 Å². The van der Waals surface area contributed by atoms with E-state index in [1.54, 1.807) is 17.0 Å². The predicted octanol–water partition coefficient (Wildman–Crippen LogP) is 7.29. The summed E-state index contributed by atoms with van der Waals surface area (Å²) < 4.78 is 31.7. The Morgan fingerprint density at radius 3 is 2.51 bits per heavy atom. The highest BCUT2D eigenvalue weighted by Crippen LogP contribution is 2.39. The van der Waals surface area contributed by atoms with Gasteiger partial charge >= 0.3 is 6.03 Å². The standard InChI is InChI=1S/C30H24ClF2N5O/c1-2-26-23-18-37(30(39)34-21-14-15-25(33)24(31)17-21)28(19-10-12-20(32)13-11-19)27-9-6-16-36(27)29(23)38(35-26)22-7-4-3-5-8-22/h3-17,28H,2,18H2,1H3,(H,34,39)/t28-/m1/s1. The number of aryl methyl sites for hydroxylation is 1. The first kappa shape index (κ1) is 24.9. The molecule has 196 valence electrons. The number of hydrogen-bond donors (Lipinski definition) is 1. The van der Waals surface area contributed by atoms with Crippen LogP contribution in [0.2, 0.25) is 5.02 Å². The molecule has 1 aliphatic heterocycles. The van der Waals surface area contributed by atoms with Crippen LogP contribution in [0.15, 0.2) is 91.1 Å². The van der Waals surface area contributed by atoms with Crippen LogP contribution < -0.4 is 5.32 Å². The third kappa shape index (κ3) is 4.46. The fraction of sp³-hybridized carbons (Fsp3) is 0.133. The second kappa shape index (κ2) is 10.0. The van der Waals surface area contributed by atoms with Crippen molar-refractivity contribution in [3.05, 3.63) is 130 Å². The molecule has 0 spiro atoms. The Labute approximate surface area is 229 Å². The van der Waals surface area contributed by atoms with Gasteiger partial charge in [-0.15, -0.1) is 0 Å². The van der Waals surface area contributed by atoms with Crippen molar-refractivity contribution >= 4 is 23.3 Å². The summed E-state index contributed by atoms with van der Waals surface area (Å²) in [7, 11) is 0. The smallest absolute Gasteiger partial charge is 0.308 e. The van der Waals surface area contributed by atoms with Gasteiger partial charge in [-0.2, -0.15) is 5.10 Å². The van der Waals surface area contributed by atoms with Crippen LogP contribution in [0.5, 0.6) is 0 Å². The number of carbonyl (C=O) groups excluding carboxylic acids is 1. The number of hydrogen-bond acceptors (Lipinski definition) is 2. The molecular formula is C30H24ClF2N5O. The van der Waals surface area contributed by atoms with Crippen molar-refractivity contribution in [1.29, 1.82) is 0 Å². The van der Waals surface area contributed by atoms with Gasteiger partial charge in [0.2, 0.25) is 0 Å². The minimum Gasteiger partial charge on any atom is -0.308 e. The number of para-hydroxylation sites is 1. The van der Waals surface area contributed by atoms with E-state index in [-0.39, 0.29) is 17.4 Å². The second-order valence-corrected chi connectivity index (χ2v) is 9.70. The summed E-state index contributed by atoms with van der Waals surface area (Å²) in [4.78, 5) is 15.6. The number of aromatic nitrogens is 3. The topological polar surface area (TPSA) is 55.1 Å². The van der Waals surface area contributed by atoms with Gasteiger partial charge in [0.1, 0.15) is 17.5 Å². The summed E-state index contributed by atoms with van der Waals surface area (Å²) in [5.74, 6) is -0.0988. The molecule has 0 bridgehead atoms.